The van der Waals surface area contributed by atoms with E-state index in [2.05, 4.69) is 10.2 Å². The summed E-state index contributed by atoms with van der Waals surface area (Å²) in [5.41, 5.74) is 0.849. The lowest BCUT2D eigenvalue weighted by Gasteiger charge is -2.07. The number of azo groups is 1. The number of carboxylic acids is 1. The molecule has 0 unspecified atom stereocenters. The van der Waals surface area contributed by atoms with Gasteiger partial charge >= 0.3 is 5.97 Å². The number of hydrogen-bond acceptors (Lipinski definition) is 4. The maximum absolute atomic E-state index is 11.4. The summed E-state index contributed by atoms with van der Waals surface area (Å²) >= 11 is 0. The highest BCUT2D eigenvalue weighted by Gasteiger charge is 2.14. The van der Waals surface area contributed by atoms with Crippen LogP contribution in [0.25, 0.3) is 10.8 Å². The summed E-state index contributed by atoms with van der Waals surface area (Å²) in [5.74, 6) is -1.19. The number of carboxylic acid groups (broad SMARTS) is 1. The Morgan fingerprint density at radius 3 is 2.36 bits per heavy atom. The smallest absolute Gasteiger partial charge is 0.336 e. The topological polar surface area (TPSA) is 82.2 Å². The average Bonchev–Trinajstić information content (AvgIpc) is 2.54. The van der Waals surface area contributed by atoms with Crippen molar-refractivity contribution in [3.8, 4) is 5.75 Å². The van der Waals surface area contributed by atoms with Crippen LogP contribution in [0.1, 0.15) is 10.4 Å². The van der Waals surface area contributed by atoms with Crippen molar-refractivity contribution in [2.75, 3.05) is 0 Å². The molecule has 0 saturated carbocycles. The molecular formula is C17H12N2O3. The Bertz CT molecular complexity index is 874. The lowest BCUT2D eigenvalue weighted by Crippen LogP contribution is -1.97. The van der Waals surface area contributed by atoms with Gasteiger partial charge in [-0.25, -0.2) is 4.79 Å². The van der Waals surface area contributed by atoms with Gasteiger partial charge in [0.2, 0.25) is 0 Å². The number of aromatic carboxylic acids is 1. The van der Waals surface area contributed by atoms with Crippen molar-refractivity contribution in [1.82, 2.24) is 0 Å². The van der Waals surface area contributed by atoms with E-state index in [9.17, 15) is 15.0 Å². The zero-order valence-corrected chi connectivity index (χ0v) is 11.5. The van der Waals surface area contributed by atoms with Crippen molar-refractivity contribution in [3.63, 3.8) is 0 Å². The van der Waals surface area contributed by atoms with E-state index in [1.165, 1.54) is 12.1 Å². The Labute approximate surface area is 126 Å². The molecule has 5 nitrogen and oxygen atoms in total. The number of benzene rings is 3. The van der Waals surface area contributed by atoms with Gasteiger partial charge in [-0.05, 0) is 29.7 Å². The van der Waals surface area contributed by atoms with Crippen LogP contribution in [-0.2, 0) is 0 Å². The second-order valence-electron chi connectivity index (χ2n) is 4.68. The minimum atomic E-state index is -1.08. The van der Waals surface area contributed by atoms with Crippen molar-refractivity contribution in [1.29, 1.82) is 0 Å². The third-order valence-electron chi connectivity index (χ3n) is 3.25. The van der Waals surface area contributed by atoms with Gasteiger partial charge < -0.3 is 10.2 Å². The predicted molar refractivity (Wildman–Crippen MR) is 83.2 cm³/mol. The Hall–Kier alpha value is -3.21. The van der Waals surface area contributed by atoms with E-state index in [-0.39, 0.29) is 17.0 Å². The summed E-state index contributed by atoms with van der Waals surface area (Å²) in [5, 5.41) is 28.5. The van der Waals surface area contributed by atoms with E-state index in [0.717, 1.165) is 0 Å². The number of phenols is 1. The molecule has 3 rings (SSSR count). The van der Waals surface area contributed by atoms with Crippen LogP contribution in [0.2, 0.25) is 0 Å². The van der Waals surface area contributed by atoms with Gasteiger partial charge in [-0.3, -0.25) is 0 Å². The SMILES string of the molecule is O=C(O)c1cccc2ccc(O)c(N=Nc3ccccc3)c12. The summed E-state index contributed by atoms with van der Waals surface area (Å²) in [7, 11) is 0. The van der Waals surface area contributed by atoms with Crippen LogP contribution >= 0.6 is 0 Å². The van der Waals surface area contributed by atoms with Crippen LogP contribution in [-0.4, -0.2) is 16.2 Å². The van der Waals surface area contributed by atoms with Gasteiger partial charge in [0.15, 0.2) is 0 Å². The van der Waals surface area contributed by atoms with Gasteiger partial charge in [0.05, 0.1) is 11.3 Å². The number of aromatic hydroxyl groups is 1. The molecular weight excluding hydrogens is 280 g/mol. The van der Waals surface area contributed by atoms with E-state index in [0.29, 0.717) is 16.5 Å². The van der Waals surface area contributed by atoms with Gasteiger partial charge in [-0.2, -0.15) is 5.11 Å². The third kappa shape index (κ3) is 2.52. The summed E-state index contributed by atoms with van der Waals surface area (Å²) < 4.78 is 0. The van der Waals surface area contributed by atoms with Crippen LogP contribution < -0.4 is 0 Å². The summed E-state index contributed by atoms with van der Waals surface area (Å²) in [6.07, 6.45) is 0. The van der Waals surface area contributed by atoms with Crippen molar-refractivity contribution in [2.24, 2.45) is 10.2 Å². The minimum Gasteiger partial charge on any atom is -0.506 e. The molecule has 3 aromatic rings. The first-order chi connectivity index (χ1) is 10.7. The normalized spacial score (nSPS) is 11.1. The lowest BCUT2D eigenvalue weighted by molar-refractivity contribution is 0.0699. The standard InChI is InChI=1S/C17H12N2O3/c20-14-10-9-11-5-4-8-13(17(21)22)15(11)16(14)19-18-12-6-2-1-3-7-12/h1-10,20H,(H,21,22). The first kappa shape index (κ1) is 13.8. The lowest BCUT2D eigenvalue weighted by atomic mass is 10.0. The van der Waals surface area contributed by atoms with Gasteiger partial charge in [-0.15, -0.1) is 5.11 Å². The molecule has 0 heterocycles. The van der Waals surface area contributed by atoms with Crippen LogP contribution in [0, 0.1) is 0 Å². The highest BCUT2D eigenvalue weighted by Crippen LogP contribution is 2.38. The quantitative estimate of drug-likeness (QED) is 0.689. The zero-order chi connectivity index (χ0) is 15.5. The second kappa shape index (κ2) is 5.65. The fourth-order valence-corrected chi connectivity index (χ4v) is 2.23. The second-order valence-corrected chi connectivity index (χ2v) is 4.68. The Morgan fingerprint density at radius 2 is 1.64 bits per heavy atom. The van der Waals surface area contributed by atoms with Crippen LogP contribution in [0.5, 0.6) is 5.75 Å². The number of carbonyl (C=O) groups is 1. The molecule has 3 aromatic carbocycles. The van der Waals surface area contributed by atoms with Gasteiger partial charge in [0.25, 0.3) is 0 Å². The molecule has 0 spiro atoms. The zero-order valence-electron chi connectivity index (χ0n) is 11.5. The van der Waals surface area contributed by atoms with E-state index in [1.807, 2.05) is 18.2 Å². The minimum absolute atomic E-state index is 0.0791. The highest BCUT2D eigenvalue weighted by atomic mass is 16.4. The number of hydrogen-bond donors (Lipinski definition) is 2. The van der Waals surface area contributed by atoms with E-state index < -0.39 is 5.97 Å². The summed E-state index contributed by atoms with van der Waals surface area (Å²) in [6.45, 7) is 0. The first-order valence-electron chi connectivity index (χ1n) is 6.61. The Morgan fingerprint density at radius 1 is 0.864 bits per heavy atom. The molecule has 0 radical (unpaired) electrons. The molecule has 0 aromatic heterocycles. The molecule has 0 aliphatic carbocycles. The van der Waals surface area contributed by atoms with Crippen molar-refractivity contribution in [2.45, 2.75) is 0 Å². The number of rotatable bonds is 3. The largest absolute Gasteiger partial charge is 0.506 e. The molecule has 108 valence electrons. The van der Waals surface area contributed by atoms with E-state index in [4.69, 9.17) is 0 Å². The molecule has 0 saturated heterocycles. The highest BCUT2D eigenvalue weighted by molar-refractivity contribution is 6.09. The Kier molecular flexibility index (Phi) is 3.53. The third-order valence-corrected chi connectivity index (χ3v) is 3.25. The molecule has 0 atom stereocenters. The summed E-state index contributed by atoms with van der Waals surface area (Å²) in [6, 6.07) is 17.1. The molecule has 0 bridgehead atoms. The molecule has 5 heteroatoms. The molecule has 0 amide bonds. The van der Waals surface area contributed by atoms with Crippen molar-refractivity contribution in [3.05, 3.63) is 66.2 Å². The molecule has 0 aliphatic rings. The molecule has 22 heavy (non-hydrogen) atoms. The molecule has 0 aliphatic heterocycles. The van der Waals surface area contributed by atoms with E-state index in [1.54, 1.807) is 30.3 Å². The summed E-state index contributed by atoms with van der Waals surface area (Å²) in [4.78, 5) is 11.4. The van der Waals surface area contributed by atoms with Crippen LogP contribution in [0.15, 0.2) is 70.9 Å². The molecule has 2 N–H and O–H groups in total. The maximum Gasteiger partial charge on any atom is 0.336 e. The van der Waals surface area contributed by atoms with Crippen LogP contribution in [0.3, 0.4) is 0 Å². The Balaban J connectivity index is 2.22. The van der Waals surface area contributed by atoms with Gasteiger partial charge in [0, 0.05) is 5.39 Å². The van der Waals surface area contributed by atoms with E-state index >= 15 is 0 Å². The van der Waals surface area contributed by atoms with Crippen LogP contribution in [0.4, 0.5) is 11.4 Å². The first-order valence-corrected chi connectivity index (χ1v) is 6.61. The number of phenolic OH excluding ortho intramolecular Hbond substituents is 1. The number of nitrogens with zero attached hydrogens (tertiary/aromatic N) is 2. The number of fused-ring (bicyclic) bond motifs is 1. The predicted octanol–water partition coefficient (Wildman–Crippen LogP) is 4.66. The molecule has 0 fully saturated rings. The monoisotopic (exact) mass is 292 g/mol. The fourth-order valence-electron chi connectivity index (χ4n) is 2.23. The fraction of sp³-hybridized carbons (Fsp3) is 0. The van der Waals surface area contributed by atoms with Gasteiger partial charge in [-0.1, -0.05) is 36.4 Å². The maximum atomic E-state index is 11.4. The van der Waals surface area contributed by atoms with Gasteiger partial charge in [0.1, 0.15) is 11.4 Å². The average molecular weight is 292 g/mol. The van der Waals surface area contributed by atoms with Crippen molar-refractivity contribution < 1.29 is 15.0 Å². The van der Waals surface area contributed by atoms with Crippen molar-refractivity contribution >= 4 is 28.1 Å².